The molecule has 2 aromatic rings. The van der Waals surface area contributed by atoms with Crippen molar-refractivity contribution in [3.8, 4) is 11.4 Å². The average molecular weight is 311 g/mol. The first-order valence-electron chi connectivity index (χ1n) is 7.74. The highest BCUT2D eigenvalue weighted by atomic mass is 35.5. The SMILES string of the molecule is [2H]C([2H])([2H])OCC1Cn2cc(-c3nc(Cl)ncc3C)nc2C(=O)N1. The maximum atomic E-state index is 12.2. The van der Waals surface area contributed by atoms with Gasteiger partial charge in [-0.3, -0.25) is 4.79 Å². The molecule has 3 heterocycles. The van der Waals surface area contributed by atoms with E-state index in [9.17, 15) is 4.79 Å². The van der Waals surface area contributed by atoms with Crippen molar-refractivity contribution >= 4 is 17.5 Å². The van der Waals surface area contributed by atoms with E-state index in [4.69, 9.17) is 20.5 Å². The minimum atomic E-state index is -2.50. The predicted octanol–water partition coefficient (Wildman–Crippen LogP) is 1.06. The number of methoxy groups -OCH3 is 1. The van der Waals surface area contributed by atoms with Crippen molar-refractivity contribution in [2.24, 2.45) is 0 Å². The molecule has 0 saturated heterocycles. The van der Waals surface area contributed by atoms with Gasteiger partial charge < -0.3 is 14.6 Å². The van der Waals surface area contributed by atoms with E-state index in [1.807, 2.05) is 6.92 Å². The quantitative estimate of drug-likeness (QED) is 0.857. The molecule has 7 nitrogen and oxygen atoms in total. The molecule has 2 aromatic heterocycles. The van der Waals surface area contributed by atoms with Crippen LogP contribution in [0.5, 0.6) is 0 Å². The Hall–Kier alpha value is -1.99. The Morgan fingerprint density at radius 2 is 2.48 bits per heavy atom. The largest absolute Gasteiger partial charge is 0.382 e. The highest BCUT2D eigenvalue weighted by Gasteiger charge is 2.27. The predicted molar refractivity (Wildman–Crippen MR) is 76.1 cm³/mol. The number of fused-ring (bicyclic) bond motifs is 1. The number of aryl methyl sites for hydroxylation is 1. The molecule has 0 aromatic carbocycles. The molecular weight excluding hydrogens is 294 g/mol. The molecular formula is C13H14ClN5O2. The van der Waals surface area contributed by atoms with Crippen molar-refractivity contribution in [3.63, 3.8) is 0 Å². The average Bonchev–Trinajstić information content (AvgIpc) is 2.91. The van der Waals surface area contributed by atoms with Crippen molar-refractivity contribution < 1.29 is 13.6 Å². The molecule has 21 heavy (non-hydrogen) atoms. The van der Waals surface area contributed by atoms with Crippen LogP contribution >= 0.6 is 11.6 Å². The van der Waals surface area contributed by atoms with Crippen LogP contribution in [0.1, 0.15) is 20.3 Å². The number of nitrogens with one attached hydrogen (secondary N) is 1. The molecule has 1 aliphatic heterocycles. The van der Waals surface area contributed by atoms with Crippen LogP contribution in [0.15, 0.2) is 12.4 Å². The van der Waals surface area contributed by atoms with Gasteiger partial charge in [-0.2, -0.15) is 0 Å². The number of nitrogens with zero attached hydrogens (tertiary/aromatic N) is 4. The molecule has 0 aliphatic carbocycles. The second kappa shape index (κ2) is 5.42. The van der Waals surface area contributed by atoms with Crippen LogP contribution in [0.25, 0.3) is 11.4 Å². The molecule has 0 fully saturated rings. The zero-order chi connectivity index (χ0) is 17.5. The first kappa shape index (κ1) is 10.7. The summed E-state index contributed by atoms with van der Waals surface area (Å²) in [7, 11) is -2.50. The summed E-state index contributed by atoms with van der Waals surface area (Å²) in [5.74, 6) is -0.172. The van der Waals surface area contributed by atoms with Gasteiger partial charge in [-0.25, -0.2) is 15.0 Å². The number of amides is 1. The molecule has 3 rings (SSSR count). The molecule has 0 bridgehead atoms. The van der Waals surface area contributed by atoms with Gasteiger partial charge in [0.05, 0.1) is 22.5 Å². The number of rotatable bonds is 3. The second-order valence-electron chi connectivity index (χ2n) is 4.75. The summed E-state index contributed by atoms with van der Waals surface area (Å²) in [6.45, 7) is 2.05. The Bertz CT molecular complexity index is 792. The fourth-order valence-electron chi connectivity index (χ4n) is 2.26. The van der Waals surface area contributed by atoms with Gasteiger partial charge in [0.1, 0.15) is 5.69 Å². The standard InChI is InChI=1S/C13H14ClN5O2/c1-7-3-15-13(14)18-10(7)9-5-19-4-8(6-21-2)16-12(20)11(19)17-9/h3,5,8H,4,6H2,1-2H3,(H,16,20)/i2D3. The lowest BCUT2D eigenvalue weighted by Gasteiger charge is -2.23. The lowest BCUT2D eigenvalue weighted by Crippen LogP contribution is -2.46. The number of carbonyl (C=O) groups excluding carboxylic acids is 1. The molecule has 1 aliphatic rings. The van der Waals surface area contributed by atoms with Crippen molar-refractivity contribution in [2.45, 2.75) is 19.5 Å². The van der Waals surface area contributed by atoms with Crippen molar-refractivity contribution in [1.29, 1.82) is 0 Å². The van der Waals surface area contributed by atoms with Crippen molar-refractivity contribution in [2.75, 3.05) is 13.6 Å². The van der Waals surface area contributed by atoms with E-state index in [1.54, 1.807) is 17.0 Å². The maximum absolute atomic E-state index is 12.2. The molecule has 0 spiro atoms. The van der Waals surface area contributed by atoms with Crippen LogP contribution in [-0.4, -0.2) is 45.1 Å². The summed E-state index contributed by atoms with van der Waals surface area (Å²) in [5, 5.41) is 2.77. The number of aromatic nitrogens is 4. The molecule has 1 N–H and O–H groups in total. The molecule has 110 valence electrons. The zero-order valence-electron chi connectivity index (χ0n) is 14.1. The number of hydrogen-bond acceptors (Lipinski definition) is 5. The first-order chi connectivity index (χ1) is 11.2. The third-order valence-electron chi connectivity index (χ3n) is 3.20. The maximum Gasteiger partial charge on any atom is 0.287 e. The highest BCUT2D eigenvalue weighted by molar-refractivity contribution is 6.28. The van der Waals surface area contributed by atoms with Crippen LogP contribution in [0.2, 0.25) is 5.28 Å². The van der Waals surface area contributed by atoms with Gasteiger partial charge in [0.25, 0.3) is 5.91 Å². The third kappa shape index (κ3) is 2.62. The van der Waals surface area contributed by atoms with Gasteiger partial charge >= 0.3 is 0 Å². The van der Waals surface area contributed by atoms with Gasteiger partial charge in [-0.15, -0.1) is 0 Å². The molecule has 0 saturated carbocycles. The normalized spacial score (nSPS) is 20.2. The summed E-state index contributed by atoms with van der Waals surface area (Å²) in [5.41, 5.74) is 1.82. The Kier molecular flexibility index (Phi) is 2.76. The van der Waals surface area contributed by atoms with Gasteiger partial charge in [0.15, 0.2) is 5.82 Å². The molecule has 1 atom stereocenters. The Labute approximate surface area is 130 Å². The number of hydrogen-bond donors (Lipinski definition) is 1. The van der Waals surface area contributed by atoms with Crippen LogP contribution in [0, 0.1) is 6.92 Å². The first-order valence-corrected chi connectivity index (χ1v) is 6.62. The minimum Gasteiger partial charge on any atom is -0.382 e. The molecule has 1 amide bonds. The lowest BCUT2D eigenvalue weighted by molar-refractivity contribution is 0.0833. The molecule has 1 unspecified atom stereocenters. The number of imidazole rings is 1. The fourth-order valence-corrected chi connectivity index (χ4v) is 2.39. The Morgan fingerprint density at radius 1 is 1.62 bits per heavy atom. The van der Waals surface area contributed by atoms with Crippen LogP contribution < -0.4 is 5.32 Å². The fraction of sp³-hybridized carbons (Fsp3) is 0.385. The summed E-state index contributed by atoms with van der Waals surface area (Å²) in [4.78, 5) is 24.5. The van der Waals surface area contributed by atoms with E-state index >= 15 is 0 Å². The zero-order valence-corrected chi connectivity index (χ0v) is 11.9. The van der Waals surface area contributed by atoms with E-state index in [0.29, 0.717) is 17.9 Å². The monoisotopic (exact) mass is 310 g/mol. The Morgan fingerprint density at radius 3 is 3.29 bits per heavy atom. The number of halogens is 1. The highest BCUT2D eigenvalue weighted by Crippen LogP contribution is 2.22. The van der Waals surface area contributed by atoms with Gasteiger partial charge in [0.2, 0.25) is 5.28 Å². The van der Waals surface area contributed by atoms with E-state index in [2.05, 4.69) is 20.3 Å². The number of ether oxygens (including phenoxy) is 1. The van der Waals surface area contributed by atoms with Crippen LogP contribution in [0.3, 0.4) is 0 Å². The number of carbonyl (C=O) groups is 1. The van der Waals surface area contributed by atoms with Crippen molar-refractivity contribution in [1.82, 2.24) is 24.8 Å². The molecule has 0 radical (unpaired) electrons. The summed E-state index contributed by atoms with van der Waals surface area (Å²) in [6, 6.07) is -0.456. The Balaban J connectivity index is 1.85. The topological polar surface area (TPSA) is 81.9 Å². The van der Waals surface area contributed by atoms with Gasteiger partial charge in [-0.1, -0.05) is 0 Å². The van der Waals surface area contributed by atoms with Crippen LogP contribution in [0.4, 0.5) is 0 Å². The summed E-state index contributed by atoms with van der Waals surface area (Å²) < 4.78 is 27.6. The van der Waals surface area contributed by atoms with Crippen LogP contribution in [-0.2, 0) is 11.3 Å². The van der Waals surface area contributed by atoms with E-state index in [-0.39, 0.29) is 17.7 Å². The summed E-state index contributed by atoms with van der Waals surface area (Å²) in [6.07, 6.45) is 3.26. The minimum absolute atomic E-state index is 0.0926. The van der Waals surface area contributed by atoms with E-state index < -0.39 is 19.0 Å². The van der Waals surface area contributed by atoms with Gasteiger partial charge in [-0.05, 0) is 24.1 Å². The lowest BCUT2D eigenvalue weighted by atomic mass is 10.2. The second-order valence-corrected chi connectivity index (χ2v) is 5.09. The van der Waals surface area contributed by atoms with Crippen molar-refractivity contribution in [3.05, 3.63) is 29.1 Å². The van der Waals surface area contributed by atoms with E-state index in [0.717, 1.165) is 5.56 Å². The third-order valence-corrected chi connectivity index (χ3v) is 3.38. The van der Waals surface area contributed by atoms with E-state index in [1.165, 1.54) is 0 Å². The smallest absolute Gasteiger partial charge is 0.287 e. The molecule has 8 heteroatoms. The van der Waals surface area contributed by atoms with Gasteiger partial charge in [0, 0.05) is 26.0 Å². The summed E-state index contributed by atoms with van der Waals surface area (Å²) >= 11 is 5.82.